The Hall–Kier alpha value is -0.970. The molecule has 124 valence electrons. The van der Waals surface area contributed by atoms with Gasteiger partial charge in [-0.15, -0.1) is 0 Å². The number of fused-ring (bicyclic) bond motifs is 1. The molecule has 1 aliphatic heterocycles. The Morgan fingerprint density at radius 2 is 2.00 bits per heavy atom. The van der Waals surface area contributed by atoms with Gasteiger partial charge in [0.1, 0.15) is 5.60 Å². The van der Waals surface area contributed by atoms with E-state index in [1.54, 1.807) is 32.1 Å². The Bertz CT molecular complexity index is 517. The first kappa shape index (κ1) is 17.4. The molecule has 0 radical (unpaired) electrons. The second-order valence-electron chi connectivity index (χ2n) is 7.68. The van der Waals surface area contributed by atoms with Crippen LogP contribution in [0, 0.1) is 5.41 Å². The molecule has 1 saturated heterocycles. The maximum Gasteiger partial charge on any atom is 0.161 e. The quantitative estimate of drug-likeness (QED) is 0.465. The zero-order chi connectivity index (χ0) is 16.8. The van der Waals surface area contributed by atoms with E-state index in [1.165, 1.54) is 0 Å². The summed E-state index contributed by atoms with van der Waals surface area (Å²) in [7, 11) is 0. The van der Waals surface area contributed by atoms with Crippen molar-refractivity contribution in [3.05, 3.63) is 23.8 Å². The van der Waals surface area contributed by atoms with Gasteiger partial charge in [-0.2, -0.15) is 0 Å². The summed E-state index contributed by atoms with van der Waals surface area (Å²) in [4.78, 5) is 12.5. The number of allylic oxidation sites excluding steroid dienone is 3. The molecule has 0 amide bonds. The molecule has 2 aliphatic rings. The molecule has 4 heteroatoms. The smallest absolute Gasteiger partial charge is 0.161 e. The van der Waals surface area contributed by atoms with Crippen LogP contribution in [0.3, 0.4) is 0 Å². The van der Waals surface area contributed by atoms with E-state index in [2.05, 4.69) is 13.8 Å². The van der Waals surface area contributed by atoms with Crippen LogP contribution < -0.4 is 0 Å². The average molecular weight is 308 g/mol. The van der Waals surface area contributed by atoms with Crippen molar-refractivity contribution in [1.29, 1.82) is 0 Å². The highest BCUT2D eigenvalue weighted by Gasteiger charge is 2.76. The van der Waals surface area contributed by atoms with Gasteiger partial charge in [0.05, 0.1) is 17.8 Å². The third-order valence-corrected chi connectivity index (χ3v) is 5.26. The number of hydrogen-bond donors (Lipinski definition) is 2. The number of ether oxygens (including phenoxy) is 1. The van der Waals surface area contributed by atoms with E-state index in [4.69, 9.17) is 4.74 Å². The first-order chi connectivity index (χ1) is 10.0. The summed E-state index contributed by atoms with van der Waals surface area (Å²) in [6.07, 6.45) is 5.77. The molecular weight excluding hydrogens is 280 g/mol. The molecule has 1 aliphatic carbocycles. The molecule has 1 saturated carbocycles. The number of aliphatic hydroxyl groups excluding tert-OH is 2. The highest BCUT2D eigenvalue weighted by Crippen LogP contribution is 2.67. The van der Waals surface area contributed by atoms with Crippen molar-refractivity contribution in [1.82, 2.24) is 0 Å². The molecular formula is C18H28O4. The normalized spacial score (nSPS) is 38.7. The highest BCUT2D eigenvalue weighted by molar-refractivity contribution is 5.96. The summed E-state index contributed by atoms with van der Waals surface area (Å²) >= 11 is 0. The van der Waals surface area contributed by atoms with Gasteiger partial charge < -0.3 is 14.9 Å². The molecule has 4 nitrogen and oxygen atoms in total. The molecule has 0 aromatic heterocycles. The largest absolute Gasteiger partial charge is 0.393 e. The fourth-order valence-electron chi connectivity index (χ4n) is 3.98. The van der Waals surface area contributed by atoms with E-state index in [9.17, 15) is 15.0 Å². The van der Waals surface area contributed by atoms with Crippen molar-refractivity contribution >= 4 is 5.78 Å². The average Bonchev–Trinajstić information content (AvgIpc) is 2.93. The fraction of sp³-hybridized carbons (Fsp3) is 0.722. The minimum absolute atomic E-state index is 0.0587. The van der Waals surface area contributed by atoms with Gasteiger partial charge in [0.25, 0.3) is 0 Å². The minimum Gasteiger partial charge on any atom is -0.393 e. The van der Waals surface area contributed by atoms with Gasteiger partial charge in [0.2, 0.25) is 0 Å². The van der Waals surface area contributed by atoms with Crippen LogP contribution >= 0.6 is 0 Å². The van der Waals surface area contributed by atoms with E-state index in [-0.39, 0.29) is 17.3 Å². The number of rotatable bonds is 5. The van der Waals surface area contributed by atoms with Gasteiger partial charge in [0, 0.05) is 12.8 Å². The Kier molecular flexibility index (Phi) is 4.42. The summed E-state index contributed by atoms with van der Waals surface area (Å²) in [5.41, 5.74) is -0.449. The van der Waals surface area contributed by atoms with Crippen LogP contribution in [0.2, 0.25) is 0 Å². The second-order valence-corrected chi connectivity index (χ2v) is 7.68. The van der Waals surface area contributed by atoms with Crippen LogP contribution in [0.25, 0.3) is 0 Å². The predicted octanol–water partition coefficient (Wildman–Crippen LogP) is 2.54. The molecule has 4 atom stereocenters. The monoisotopic (exact) mass is 308 g/mol. The first-order valence-electron chi connectivity index (χ1n) is 7.98. The number of epoxide rings is 1. The van der Waals surface area contributed by atoms with Gasteiger partial charge in [0.15, 0.2) is 5.78 Å². The van der Waals surface area contributed by atoms with Crippen LogP contribution in [0.15, 0.2) is 23.8 Å². The number of aliphatic hydroxyl groups is 2. The third-order valence-electron chi connectivity index (χ3n) is 5.26. The Labute approximate surface area is 132 Å². The number of carbonyl (C=O) groups excluding carboxylic acids is 1. The maximum absolute atomic E-state index is 12.5. The molecule has 1 heterocycles. The number of Topliss-reactive ketones (excluding diaryl/α,β-unsaturated/α-hetero) is 1. The molecule has 2 fully saturated rings. The van der Waals surface area contributed by atoms with Crippen molar-refractivity contribution in [2.45, 2.75) is 77.3 Å². The highest BCUT2D eigenvalue weighted by atomic mass is 16.6. The molecule has 2 rings (SSSR count). The molecule has 22 heavy (non-hydrogen) atoms. The Morgan fingerprint density at radius 3 is 2.55 bits per heavy atom. The lowest BCUT2D eigenvalue weighted by atomic mass is 9.61. The van der Waals surface area contributed by atoms with Crippen LogP contribution in [0.4, 0.5) is 0 Å². The number of hydrogen-bond acceptors (Lipinski definition) is 4. The van der Waals surface area contributed by atoms with E-state index < -0.39 is 17.3 Å². The lowest BCUT2D eigenvalue weighted by Gasteiger charge is -2.40. The van der Waals surface area contributed by atoms with Crippen molar-refractivity contribution < 1.29 is 19.7 Å². The first-order valence-corrected chi connectivity index (χ1v) is 7.98. The molecule has 0 bridgehead atoms. The maximum atomic E-state index is 12.5. The zero-order valence-corrected chi connectivity index (χ0v) is 14.2. The number of carbonyl (C=O) groups is 1. The van der Waals surface area contributed by atoms with E-state index in [1.807, 2.05) is 6.92 Å². The zero-order valence-electron chi connectivity index (χ0n) is 14.2. The fourth-order valence-corrected chi connectivity index (χ4v) is 3.98. The van der Waals surface area contributed by atoms with Gasteiger partial charge >= 0.3 is 0 Å². The molecule has 0 aromatic rings. The lowest BCUT2D eigenvalue weighted by molar-refractivity contribution is -0.118. The van der Waals surface area contributed by atoms with Gasteiger partial charge in [-0.05, 0) is 38.2 Å². The third kappa shape index (κ3) is 2.92. The van der Waals surface area contributed by atoms with Gasteiger partial charge in [-0.3, -0.25) is 4.79 Å². The standard InChI is InChI=1S/C18H28O4/c1-12(7-6-8-13(2)19)15(21)11-18-16(3,4)9-14(20)10-17(18,5)22-18/h6-8,13-14,19-20H,9-11H2,1-5H3. The van der Waals surface area contributed by atoms with Crippen molar-refractivity contribution in [2.75, 3.05) is 0 Å². The molecule has 4 unspecified atom stereocenters. The lowest BCUT2D eigenvalue weighted by Crippen LogP contribution is -2.48. The van der Waals surface area contributed by atoms with E-state index >= 15 is 0 Å². The van der Waals surface area contributed by atoms with Crippen molar-refractivity contribution in [2.24, 2.45) is 5.41 Å². The van der Waals surface area contributed by atoms with E-state index in [0.29, 0.717) is 24.8 Å². The topological polar surface area (TPSA) is 70.1 Å². The predicted molar refractivity (Wildman–Crippen MR) is 85.4 cm³/mol. The van der Waals surface area contributed by atoms with Gasteiger partial charge in [-0.25, -0.2) is 0 Å². The van der Waals surface area contributed by atoms with Crippen LogP contribution in [-0.2, 0) is 9.53 Å². The van der Waals surface area contributed by atoms with Crippen molar-refractivity contribution in [3.63, 3.8) is 0 Å². The molecule has 0 spiro atoms. The molecule has 2 N–H and O–H groups in total. The van der Waals surface area contributed by atoms with Crippen LogP contribution in [0.5, 0.6) is 0 Å². The van der Waals surface area contributed by atoms with Crippen molar-refractivity contribution in [3.8, 4) is 0 Å². The summed E-state index contributed by atoms with van der Waals surface area (Å²) in [6, 6.07) is 0. The minimum atomic E-state index is -0.522. The SMILES string of the molecule is CC(=CC=CC(C)O)C(=O)CC12OC1(C)CC(O)CC2(C)C. The second kappa shape index (κ2) is 5.59. The number of ketones is 1. The molecule has 0 aromatic carbocycles. The summed E-state index contributed by atoms with van der Waals surface area (Å²) < 4.78 is 6.04. The summed E-state index contributed by atoms with van der Waals surface area (Å²) in [5.74, 6) is 0.0587. The summed E-state index contributed by atoms with van der Waals surface area (Å²) in [6.45, 7) is 9.59. The Balaban J connectivity index is 2.12. The summed E-state index contributed by atoms with van der Waals surface area (Å²) in [5, 5.41) is 19.2. The Morgan fingerprint density at radius 1 is 1.36 bits per heavy atom. The van der Waals surface area contributed by atoms with Crippen LogP contribution in [0.1, 0.15) is 53.9 Å². The van der Waals surface area contributed by atoms with Gasteiger partial charge in [-0.1, -0.05) is 32.1 Å². The van der Waals surface area contributed by atoms with E-state index in [0.717, 1.165) is 0 Å². The van der Waals surface area contributed by atoms with Crippen LogP contribution in [-0.4, -0.2) is 39.4 Å².